The number of amides is 1. The maximum Gasteiger partial charge on any atom is 0.413 e. The number of nitrogens with one attached hydrogen (secondary N) is 2. The van der Waals surface area contributed by atoms with Gasteiger partial charge >= 0.3 is 12.1 Å². The van der Waals surface area contributed by atoms with Crippen LogP contribution in [-0.4, -0.2) is 41.0 Å². The SMILES string of the molecule is CC(=O)OC1CCC2(C)C(=CCC3C4CCC(=O)C4(C)CCC32)C1.COC(=O)Nc1nc2ccc(Sc3ccccc3)cc2[nH]1. The zero-order valence-electron chi connectivity index (χ0n) is 26.6. The van der Waals surface area contributed by atoms with Crippen LogP contribution in [-0.2, 0) is 19.1 Å². The van der Waals surface area contributed by atoms with Gasteiger partial charge in [0, 0.05) is 35.0 Å². The summed E-state index contributed by atoms with van der Waals surface area (Å²) in [5.74, 6) is 2.71. The number of ketones is 1. The average Bonchev–Trinajstić information content (AvgIpc) is 3.56. The second-order valence-electron chi connectivity index (χ2n) is 13.4. The van der Waals surface area contributed by atoms with Crippen molar-refractivity contribution in [2.24, 2.45) is 28.6 Å². The van der Waals surface area contributed by atoms with Gasteiger partial charge in [-0.15, -0.1) is 0 Å². The number of nitrogens with zero attached hydrogens (tertiary/aromatic N) is 1. The first-order chi connectivity index (χ1) is 21.6. The van der Waals surface area contributed by atoms with Gasteiger partial charge in [0.2, 0.25) is 5.95 Å². The number of anilines is 1. The molecule has 2 aromatic carbocycles. The van der Waals surface area contributed by atoms with Gasteiger partial charge in [-0.25, -0.2) is 9.78 Å². The number of H-pyrrole nitrogens is 1. The zero-order valence-corrected chi connectivity index (χ0v) is 27.4. The number of methoxy groups -OCH3 is 1. The lowest BCUT2D eigenvalue weighted by atomic mass is 9.48. The van der Waals surface area contributed by atoms with E-state index in [4.69, 9.17) is 4.74 Å². The predicted molar refractivity (Wildman–Crippen MR) is 175 cm³/mol. The van der Waals surface area contributed by atoms with Crippen LogP contribution in [0.5, 0.6) is 0 Å². The fourth-order valence-corrected chi connectivity index (χ4v) is 9.50. The number of esters is 1. The minimum atomic E-state index is -0.548. The highest BCUT2D eigenvalue weighted by atomic mass is 32.2. The summed E-state index contributed by atoms with van der Waals surface area (Å²) in [7, 11) is 1.31. The number of aromatic amines is 1. The van der Waals surface area contributed by atoms with Crippen LogP contribution in [0.1, 0.15) is 72.1 Å². The Morgan fingerprint density at radius 2 is 1.76 bits per heavy atom. The minimum absolute atomic E-state index is 0.0438. The molecule has 3 fully saturated rings. The number of ether oxygens (including phenoxy) is 2. The number of hydrogen-bond donors (Lipinski definition) is 2. The summed E-state index contributed by atoms with van der Waals surface area (Å²) in [6.45, 7) is 6.19. The molecule has 1 amide bonds. The van der Waals surface area contributed by atoms with E-state index in [1.807, 2.05) is 36.4 Å². The summed E-state index contributed by atoms with van der Waals surface area (Å²) in [4.78, 5) is 44.5. The summed E-state index contributed by atoms with van der Waals surface area (Å²) in [5, 5.41) is 2.52. The molecule has 0 radical (unpaired) electrons. The molecule has 45 heavy (non-hydrogen) atoms. The Kier molecular flexibility index (Phi) is 8.83. The van der Waals surface area contributed by atoms with E-state index in [0.717, 1.165) is 60.9 Å². The van der Waals surface area contributed by atoms with Gasteiger partial charge in [-0.1, -0.05) is 55.5 Å². The Hall–Kier alpha value is -3.59. The van der Waals surface area contributed by atoms with E-state index >= 15 is 0 Å². The fourth-order valence-electron chi connectivity index (χ4n) is 8.62. The van der Waals surface area contributed by atoms with Gasteiger partial charge in [0.15, 0.2) is 0 Å². The monoisotopic (exact) mass is 629 g/mol. The highest BCUT2D eigenvalue weighted by Gasteiger charge is 2.58. The normalized spacial score (nSPS) is 30.1. The number of allylic oxidation sites excluding steroid dienone is 1. The summed E-state index contributed by atoms with van der Waals surface area (Å²) in [5.41, 5.74) is 3.39. The zero-order chi connectivity index (χ0) is 31.8. The van der Waals surface area contributed by atoms with E-state index in [-0.39, 0.29) is 22.9 Å². The van der Waals surface area contributed by atoms with Crippen LogP contribution in [0.15, 0.2) is 70.0 Å². The molecule has 6 unspecified atom stereocenters. The quantitative estimate of drug-likeness (QED) is 0.220. The smallest absolute Gasteiger partial charge is 0.413 e. The van der Waals surface area contributed by atoms with Crippen LogP contribution in [0.4, 0.5) is 10.7 Å². The van der Waals surface area contributed by atoms with Crippen LogP contribution < -0.4 is 5.32 Å². The van der Waals surface area contributed by atoms with Crippen LogP contribution in [0.25, 0.3) is 11.0 Å². The lowest BCUT2D eigenvalue weighted by Crippen LogP contribution is -2.50. The van der Waals surface area contributed by atoms with Gasteiger partial charge in [0.1, 0.15) is 11.9 Å². The van der Waals surface area contributed by atoms with E-state index < -0.39 is 6.09 Å². The van der Waals surface area contributed by atoms with Crippen molar-refractivity contribution in [1.82, 2.24) is 9.97 Å². The van der Waals surface area contributed by atoms with Gasteiger partial charge in [-0.05, 0) is 92.0 Å². The molecule has 7 rings (SSSR count). The van der Waals surface area contributed by atoms with Crippen molar-refractivity contribution >= 4 is 46.6 Å². The fraction of sp³-hybridized carbons (Fsp3) is 0.500. The first kappa shape index (κ1) is 31.4. The van der Waals surface area contributed by atoms with E-state index in [0.29, 0.717) is 29.5 Å². The van der Waals surface area contributed by atoms with Gasteiger partial charge in [-0.3, -0.25) is 14.9 Å². The second kappa shape index (κ2) is 12.7. The molecule has 3 aromatic rings. The lowest BCUT2D eigenvalue weighted by Gasteiger charge is -2.56. The molecule has 0 spiro atoms. The van der Waals surface area contributed by atoms with Crippen molar-refractivity contribution in [3.8, 4) is 0 Å². The first-order valence-electron chi connectivity index (χ1n) is 16.1. The number of imidazole rings is 1. The first-order valence-corrected chi connectivity index (χ1v) is 16.9. The molecule has 4 aliphatic rings. The number of aromatic nitrogens is 2. The third-order valence-corrected chi connectivity index (χ3v) is 11.9. The van der Waals surface area contributed by atoms with Crippen molar-refractivity contribution < 1.29 is 23.9 Å². The van der Waals surface area contributed by atoms with Crippen LogP contribution in [0.2, 0.25) is 0 Å². The number of carbonyl (C=O) groups excluding carboxylic acids is 3. The Labute approximate surface area is 269 Å². The molecule has 1 heterocycles. The van der Waals surface area contributed by atoms with Crippen molar-refractivity contribution in [1.29, 1.82) is 0 Å². The van der Waals surface area contributed by atoms with Crippen LogP contribution in [0.3, 0.4) is 0 Å². The highest BCUT2D eigenvalue weighted by molar-refractivity contribution is 7.99. The molecule has 4 aliphatic carbocycles. The Bertz CT molecular complexity index is 1620. The molecular formula is C36H43N3O5S. The van der Waals surface area contributed by atoms with Gasteiger partial charge in [0.25, 0.3) is 0 Å². The number of rotatable bonds is 4. The van der Waals surface area contributed by atoms with Crippen molar-refractivity contribution in [2.75, 3.05) is 12.4 Å². The number of carbonyl (C=O) groups is 3. The molecule has 0 saturated heterocycles. The summed E-state index contributed by atoms with van der Waals surface area (Å²) < 4.78 is 10.0. The molecular weight excluding hydrogens is 586 g/mol. The second-order valence-corrected chi connectivity index (χ2v) is 14.6. The summed E-state index contributed by atoms with van der Waals surface area (Å²) >= 11 is 1.67. The molecule has 0 bridgehead atoms. The van der Waals surface area contributed by atoms with E-state index in [1.165, 1.54) is 30.9 Å². The van der Waals surface area contributed by atoms with Gasteiger partial charge < -0.3 is 14.5 Å². The number of Topliss-reactive ketones (excluding diaryl/α,β-unsaturated/α-hetero) is 1. The maximum atomic E-state index is 12.4. The largest absolute Gasteiger partial charge is 0.462 e. The van der Waals surface area contributed by atoms with Crippen molar-refractivity contribution in [2.45, 2.75) is 88.0 Å². The van der Waals surface area contributed by atoms with Crippen LogP contribution in [0, 0.1) is 28.6 Å². The maximum absolute atomic E-state index is 12.4. The topological polar surface area (TPSA) is 110 Å². The standard InChI is InChI=1S/C21H30O3.C15H13N3O2S/c1-13(22)24-15-8-10-20(2)14(12-15)4-5-16-17-6-7-19(23)21(17,3)11-9-18(16)20;1-20-15(19)18-14-16-12-8-7-11(9-13(12)17-14)21-10-5-3-2-4-6-10/h4,15-18H,5-12H2,1-3H3;2-9H,1H3,(H2,16,17,18,19). The van der Waals surface area contributed by atoms with E-state index in [1.54, 1.807) is 11.8 Å². The highest BCUT2D eigenvalue weighted by Crippen LogP contribution is 2.64. The predicted octanol–water partition coefficient (Wildman–Crippen LogP) is 8.34. The third-order valence-electron chi connectivity index (χ3n) is 10.9. The summed E-state index contributed by atoms with van der Waals surface area (Å²) in [6, 6.07) is 16.1. The van der Waals surface area contributed by atoms with Gasteiger partial charge in [-0.2, -0.15) is 0 Å². The molecule has 8 nitrogen and oxygen atoms in total. The molecule has 238 valence electrons. The van der Waals surface area contributed by atoms with Crippen LogP contribution >= 0.6 is 11.8 Å². The molecule has 2 N–H and O–H groups in total. The minimum Gasteiger partial charge on any atom is -0.462 e. The van der Waals surface area contributed by atoms with E-state index in [2.05, 4.69) is 52.1 Å². The lowest BCUT2D eigenvalue weighted by molar-refractivity contribution is -0.148. The molecule has 9 heteroatoms. The van der Waals surface area contributed by atoms with Crippen molar-refractivity contribution in [3.05, 3.63) is 60.2 Å². The van der Waals surface area contributed by atoms with Gasteiger partial charge in [0.05, 0.1) is 18.1 Å². The van der Waals surface area contributed by atoms with E-state index in [9.17, 15) is 14.4 Å². The number of hydrogen-bond acceptors (Lipinski definition) is 7. The molecule has 3 saturated carbocycles. The number of benzene rings is 2. The molecule has 6 atom stereocenters. The Balaban J connectivity index is 0.000000160. The Morgan fingerprint density at radius 1 is 1.00 bits per heavy atom. The third kappa shape index (κ3) is 6.28. The van der Waals surface area contributed by atoms with Crippen molar-refractivity contribution in [3.63, 3.8) is 0 Å². The number of fused-ring (bicyclic) bond motifs is 6. The molecule has 1 aromatic heterocycles. The molecule has 0 aliphatic heterocycles. The average molecular weight is 630 g/mol. The Morgan fingerprint density at radius 3 is 2.51 bits per heavy atom. The summed E-state index contributed by atoms with van der Waals surface area (Å²) in [6.07, 6.45) is 10.3.